The quantitative estimate of drug-likeness (QED) is 0.619. The molecular formula is C12H18ClNO3S. The number of phenolic OH excluding ortho intramolecular Hbond substituents is 1. The van der Waals surface area contributed by atoms with Crippen molar-refractivity contribution in [2.75, 3.05) is 18.7 Å². The Morgan fingerprint density at radius 2 is 1.83 bits per heavy atom. The lowest BCUT2D eigenvalue weighted by Gasteiger charge is -2.17. The predicted octanol–water partition coefficient (Wildman–Crippen LogP) is 2.17. The highest BCUT2D eigenvalue weighted by molar-refractivity contribution is 7.89. The second kappa shape index (κ2) is 6.97. The number of nitrogens with zero attached hydrogens (tertiary/aromatic N) is 1. The molecule has 0 fully saturated rings. The van der Waals surface area contributed by atoms with Crippen LogP contribution >= 0.6 is 11.6 Å². The van der Waals surface area contributed by atoms with Crippen LogP contribution in [0.15, 0.2) is 24.3 Å². The Morgan fingerprint density at radius 1 is 1.22 bits per heavy atom. The van der Waals surface area contributed by atoms with Crippen LogP contribution in [0.2, 0.25) is 0 Å². The van der Waals surface area contributed by atoms with Crippen molar-refractivity contribution >= 4 is 21.6 Å². The van der Waals surface area contributed by atoms with Crippen molar-refractivity contribution in [3.8, 4) is 5.75 Å². The molecule has 0 aromatic heterocycles. The zero-order chi connectivity index (χ0) is 13.6. The Morgan fingerprint density at radius 3 is 2.39 bits per heavy atom. The van der Waals surface area contributed by atoms with Gasteiger partial charge >= 0.3 is 0 Å². The van der Waals surface area contributed by atoms with Gasteiger partial charge in [-0.3, -0.25) is 0 Å². The summed E-state index contributed by atoms with van der Waals surface area (Å²) in [4.78, 5) is 0. The van der Waals surface area contributed by atoms with E-state index in [1.807, 2.05) is 0 Å². The van der Waals surface area contributed by atoms with Crippen LogP contribution < -0.4 is 0 Å². The molecule has 0 saturated carbocycles. The molecule has 1 aromatic carbocycles. The summed E-state index contributed by atoms with van der Waals surface area (Å²) >= 11 is 5.52. The highest BCUT2D eigenvalue weighted by Crippen LogP contribution is 2.13. The van der Waals surface area contributed by atoms with Crippen molar-refractivity contribution in [3.05, 3.63) is 29.8 Å². The molecule has 102 valence electrons. The van der Waals surface area contributed by atoms with E-state index >= 15 is 0 Å². The Labute approximate surface area is 113 Å². The third-order valence-corrected chi connectivity index (χ3v) is 4.75. The van der Waals surface area contributed by atoms with Crippen molar-refractivity contribution in [2.24, 2.45) is 0 Å². The van der Waals surface area contributed by atoms with E-state index in [1.165, 1.54) is 4.31 Å². The second-order valence-corrected chi connectivity index (χ2v) is 6.71. The fourth-order valence-corrected chi connectivity index (χ4v) is 2.91. The number of aromatic hydroxyl groups is 1. The molecule has 0 saturated heterocycles. The molecule has 0 spiro atoms. The minimum atomic E-state index is -3.23. The van der Waals surface area contributed by atoms with E-state index in [0.29, 0.717) is 25.3 Å². The van der Waals surface area contributed by atoms with Crippen LogP contribution in [-0.2, 0) is 16.6 Å². The van der Waals surface area contributed by atoms with E-state index in [-0.39, 0.29) is 11.5 Å². The van der Waals surface area contributed by atoms with Crippen LogP contribution in [-0.4, -0.2) is 36.5 Å². The minimum absolute atomic E-state index is 0.119. The molecule has 0 radical (unpaired) electrons. The first kappa shape index (κ1) is 15.3. The van der Waals surface area contributed by atoms with E-state index in [2.05, 4.69) is 0 Å². The topological polar surface area (TPSA) is 57.6 Å². The third-order valence-electron chi connectivity index (χ3n) is 2.60. The first-order valence-electron chi connectivity index (χ1n) is 5.73. The summed E-state index contributed by atoms with van der Waals surface area (Å²) < 4.78 is 25.1. The maximum atomic E-state index is 11.9. The summed E-state index contributed by atoms with van der Waals surface area (Å²) in [6, 6.07) is 6.51. The smallest absolute Gasteiger partial charge is 0.214 e. The van der Waals surface area contributed by atoms with Crippen LogP contribution in [0, 0.1) is 0 Å². The zero-order valence-electron chi connectivity index (χ0n) is 10.3. The molecule has 0 aliphatic heterocycles. The first-order valence-corrected chi connectivity index (χ1v) is 7.88. The van der Waals surface area contributed by atoms with Gasteiger partial charge in [-0.25, -0.2) is 12.7 Å². The molecule has 6 heteroatoms. The summed E-state index contributed by atoms with van der Waals surface area (Å²) in [5.41, 5.74) is 0.844. The summed E-state index contributed by atoms with van der Waals surface area (Å²) in [6.07, 6.45) is 1.28. The predicted molar refractivity (Wildman–Crippen MR) is 73.3 cm³/mol. The van der Waals surface area contributed by atoms with Gasteiger partial charge in [-0.15, -0.1) is 11.6 Å². The average Bonchev–Trinajstić information content (AvgIpc) is 2.32. The van der Waals surface area contributed by atoms with E-state index in [0.717, 1.165) is 5.56 Å². The Kier molecular flexibility index (Phi) is 5.91. The summed E-state index contributed by atoms with van der Waals surface area (Å²) in [7, 11) is -1.67. The highest BCUT2D eigenvalue weighted by atomic mass is 35.5. The number of phenols is 1. The van der Waals surface area contributed by atoms with Gasteiger partial charge in [0.25, 0.3) is 0 Å². The highest BCUT2D eigenvalue weighted by Gasteiger charge is 2.17. The van der Waals surface area contributed by atoms with Crippen molar-refractivity contribution in [2.45, 2.75) is 19.4 Å². The number of halogens is 1. The lowest BCUT2D eigenvalue weighted by Crippen LogP contribution is -2.28. The zero-order valence-corrected chi connectivity index (χ0v) is 11.9. The van der Waals surface area contributed by atoms with Crippen molar-refractivity contribution < 1.29 is 13.5 Å². The SMILES string of the molecule is CN(Cc1ccc(O)cc1)S(=O)(=O)CCCCCl. The molecule has 1 rings (SSSR count). The van der Waals surface area contributed by atoms with Gasteiger partial charge in [-0.2, -0.15) is 0 Å². The molecule has 0 atom stereocenters. The molecule has 0 aliphatic rings. The maximum absolute atomic E-state index is 11.9. The number of rotatable bonds is 7. The van der Waals surface area contributed by atoms with Gasteiger partial charge in [0.05, 0.1) is 5.75 Å². The number of sulfonamides is 1. The maximum Gasteiger partial charge on any atom is 0.214 e. The van der Waals surface area contributed by atoms with Crippen molar-refractivity contribution in [1.82, 2.24) is 4.31 Å². The molecule has 0 amide bonds. The third kappa shape index (κ3) is 4.84. The Balaban J connectivity index is 2.58. The van der Waals surface area contributed by atoms with Crippen LogP contribution in [0.5, 0.6) is 5.75 Å². The van der Waals surface area contributed by atoms with Crippen LogP contribution in [0.4, 0.5) is 0 Å². The van der Waals surface area contributed by atoms with Crippen molar-refractivity contribution in [3.63, 3.8) is 0 Å². The van der Waals surface area contributed by atoms with Gasteiger partial charge in [-0.05, 0) is 30.5 Å². The van der Waals surface area contributed by atoms with Crippen LogP contribution in [0.25, 0.3) is 0 Å². The monoisotopic (exact) mass is 291 g/mol. The standard InChI is InChI=1S/C12H18ClNO3S/c1-14(18(16,17)9-3-2-8-13)10-11-4-6-12(15)7-5-11/h4-7,15H,2-3,8-10H2,1H3. The van der Waals surface area contributed by atoms with Crippen LogP contribution in [0.3, 0.4) is 0 Å². The molecule has 1 N–H and O–H groups in total. The minimum Gasteiger partial charge on any atom is -0.508 e. The first-order chi connectivity index (χ1) is 8.45. The van der Waals surface area contributed by atoms with E-state index in [1.54, 1.807) is 31.3 Å². The van der Waals surface area contributed by atoms with E-state index in [4.69, 9.17) is 16.7 Å². The van der Waals surface area contributed by atoms with Gasteiger partial charge in [0.2, 0.25) is 10.0 Å². The van der Waals surface area contributed by atoms with Gasteiger partial charge in [0, 0.05) is 19.5 Å². The Bertz CT molecular complexity index is 459. The largest absolute Gasteiger partial charge is 0.508 e. The van der Waals surface area contributed by atoms with Crippen LogP contribution in [0.1, 0.15) is 18.4 Å². The lowest BCUT2D eigenvalue weighted by atomic mass is 10.2. The molecular weight excluding hydrogens is 274 g/mol. The van der Waals surface area contributed by atoms with Crippen molar-refractivity contribution in [1.29, 1.82) is 0 Å². The van der Waals surface area contributed by atoms with Gasteiger partial charge in [-0.1, -0.05) is 12.1 Å². The number of alkyl halides is 1. The van der Waals surface area contributed by atoms with Gasteiger partial charge < -0.3 is 5.11 Å². The molecule has 4 nitrogen and oxygen atoms in total. The summed E-state index contributed by atoms with van der Waals surface area (Å²) in [5, 5.41) is 9.15. The summed E-state index contributed by atoms with van der Waals surface area (Å²) in [5.74, 6) is 0.775. The number of unbranched alkanes of at least 4 members (excludes halogenated alkanes) is 1. The van der Waals surface area contributed by atoms with E-state index < -0.39 is 10.0 Å². The molecule has 0 unspecified atom stereocenters. The Hall–Kier alpha value is -0.780. The number of hydrogen-bond acceptors (Lipinski definition) is 3. The fourth-order valence-electron chi connectivity index (χ4n) is 1.49. The molecule has 1 aromatic rings. The average molecular weight is 292 g/mol. The van der Waals surface area contributed by atoms with Gasteiger partial charge in [0.1, 0.15) is 5.75 Å². The lowest BCUT2D eigenvalue weighted by molar-refractivity contribution is 0.462. The van der Waals surface area contributed by atoms with Gasteiger partial charge in [0.15, 0.2) is 0 Å². The molecule has 0 heterocycles. The molecule has 18 heavy (non-hydrogen) atoms. The molecule has 0 bridgehead atoms. The number of benzene rings is 1. The fraction of sp³-hybridized carbons (Fsp3) is 0.500. The second-order valence-electron chi connectivity index (χ2n) is 4.13. The van der Waals surface area contributed by atoms with E-state index in [9.17, 15) is 8.42 Å². The summed E-state index contributed by atoms with van der Waals surface area (Å²) in [6.45, 7) is 0.309. The molecule has 0 aliphatic carbocycles. The number of hydrogen-bond donors (Lipinski definition) is 1. The normalized spacial score (nSPS) is 11.9.